The Kier molecular flexibility index (Phi) is 3.24. The first-order valence-corrected chi connectivity index (χ1v) is 4.32. The topological polar surface area (TPSA) is 43.1 Å². The van der Waals surface area contributed by atoms with E-state index in [2.05, 4.69) is 0 Å². The Labute approximate surface area is 88.8 Å². The van der Waals surface area contributed by atoms with Gasteiger partial charge in [-0.15, -0.1) is 0 Å². The van der Waals surface area contributed by atoms with Crippen molar-refractivity contribution >= 4 is 23.1 Å². The van der Waals surface area contributed by atoms with Gasteiger partial charge < -0.3 is 5.73 Å². The van der Waals surface area contributed by atoms with Gasteiger partial charge in [0.25, 0.3) is 0 Å². The van der Waals surface area contributed by atoms with Crippen LogP contribution in [0.25, 0.3) is 0 Å². The number of anilines is 1. The van der Waals surface area contributed by atoms with E-state index in [9.17, 15) is 18.0 Å². The Morgan fingerprint density at radius 3 is 2.53 bits per heavy atom. The van der Waals surface area contributed by atoms with Crippen LogP contribution in [0.1, 0.15) is 5.56 Å². The Hall–Kier alpha value is -1.23. The SMILES string of the molecule is Nc1ccc(Cl)cc1CC(=O)C(F)(F)F. The molecule has 0 aliphatic heterocycles. The molecule has 0 heterocycles. The van der Waals surface area contributed by atoms with E-state index in [0.717, 1.165) is 0 Å². The third kappa shape index (κ3) is 3.13. The summed E-state index contributed by atoms with van der Waals surface area (Å²) in [5.41, 5.74) is 5.61. The molecule has 0 aromatic heterocycles. The zero-order chi connectivity index (χ0) is 11.6. The standard InChI is InChI=1S/C9H7ClF3NO/c10-6-1-2-7(14)5(3-6)4-8(15)9(11,12)13/h1-3H,4,14H2. The van der Waals surface area contributed by atoms with Crippen LogP contribution in [0.15, 0.2) is 18.2 Å². The number of benzene rings is 1. The number of halogens is 4. The lowest BCUT2D eigenvalue weighted by atomic mass is 10.1. The summed E-state index contributed by atoms with van der Waals surface area (Å²) in [4.78, 5) is 10.7. The van der Waals surface area contributed by atoms with Crippen molar-refractivity contribution < 1.29 is 18.0 Å². The van der Waals surface area contributed by atoms with E-state index in [1.54, 1.807) is 0 Å². The number of hydrogen-bond donors (Lipinski definition) is 1. The van der Waals surface area contributed by atoms with Crippen molar-refractivity contribution in [1.29, 1.82) is 0 Å². The summed E-state index contributed by atoms with van der Waals surface area (Å²) in [5, 5.41) is 0.245. The van der Waals surface area contributed by atoms with Crippen molar-refractivity contribution in [3.63, 3.8) is 0 Å². The van der Waals surface area contributed by atoms with Gasteiger partial charge in [0.15, 0.2) is 0 Å². The molecule has 0 amide bonds. The lowest BCUT2D eigenvalue weighted by molar-refractivity contribution is -0.170. The third-order valence-corrected chi connectivity index (χ3v) is 2.01. The van der Waals surface area contributed by atoms with Crippen molar-refractivity contribution in [2.24, 2.45) is 0 Å². The van der Waals surface area contributed by atoms with E-state index in [4.69, 9.17) is 17.3 Å². The van der Waals surface area contributed by atoms with Gasteiger partial charge in [0.05, 0.1) is 0 Å². The van der Waals surface area contributed by atoms with Crippen LogP contribution >= 0.6 is 11.6 Å². The first kappa shape index (κ1) is 11.8. The molecule has 1 aromatic carbocycles. The first-order chi connectivity index (χ1) is 6.80. The lowest BCUT2D eigenvalue weighted by Gasteiger charge is -2.07. The fourth-order valence-electron chi connectivity index (χ4n) is 1.00. The van der Waals surface area contributed by atoms with Crippen molar-refractivity contribution in [3.05, 3.63) is 28.8 Å². The Morgan fingerprint density at radius 1 is 1.40 bits per heavy atom. The van der Waals surface area contributed by atoms with Crippen molar-refractivity contribution in [2.45, 2.75) is 12.6 Å². The maximum absolute atomic E-state index is 11.9. The second kappa shape index (κ2) is 4.10. The molecule has 0 fully saturated rings. The average Bonchev–Trinajstić information content (AvgIpc) is 2.09. The van der Waals surface area contributed by atoms with E-state index in [-0.39, 0.29) is 16.3 Å². The number of nitrogen functional groups attached to an aromatic ring is 1. The number of alkyl halides is 3. The van der Waals surface area contributed by atoms with Crippen molar-refractivity contribution in [2.75, 3.05) is 5.73 Å². The minimum absolute atomic E-state index is 0.0878. The largest absolute Gasteiger partial charge is 0.450 e. The maximum atomic E-state index is 11.9. The molecule has 1 rings (SSSR count). The van der Waals surface area contributed by atoms with Gasteiger partial charge >= 0.3 is 6.18 Å². The van der Waals surface area contributed by atoms with Gasteiger partial charge in [0.1, 0.15) is 0 Å². The number of ketones is 1. The van der Waals surface area contributed by atoms with Crippen LogP contribution in [0.3, 0.4) is 0 Å². The lowest BCUT2D eigenvalue weighted by Crippen LogP contribution is -2.24. The second-order valence-corrected chi connectivity index (χ2v) is 3.38. The van der Waals surface area contributed by atoms with Gasteiger partial charge in [-0.2, -0.15) is 13.2 Å². The summed E-state index contributed by atoms with van der Waals surface area (Å²) in [6.07, 6.45) is -5.62. The Balaban J connectivity index is 2.90. The summed E-state index contributed by atoms with van der Waals surface area (Å²) in [6, 6.07) is 4.06. The molecule has 0 aliphatic carbocycles. The molecule has 15 heavy (non-hydrogen) atoms. The zero-order valence-corrected chi connectivity index (χ0v) is 8.19. The molecule has 82 valence electrons. The molecule has 0 aliphatic rings. The van der Waals surface area contributed by atoms with Crippen molar-refractivity contribution in [3.8, 4) is 0 Å². The molecule has 0 spiro atoms. The van der Waals surface area contributed by atoms with Crippen LogP contribution in [0.4, 0.5) is 18.9 Å². The molecular weight excluding hydrogens is 231 g/mol. The number of Topliss-reactive ketones (excluding diaryl/α,β-unsaturated/α-hetero) is 1. The summed E-state index contributed by atoms with van der Waals surface area (Å²) in [7, 11) is 0. The van der Waals surface area contributed by atoms with Crippen LogP contribution in [0, 0.1) is 0 Å². The number of carbonyl (C=O) groups is 1. The highest BCUT2D eigenvalue weighted by Gasteiger charge is 2.38. The minimum Gasteiger partial charge on any atom is -0.398 e. The van der Waals surface area contributed by atoms with E-state index in [0.29, 0.717) is 0 Å². The first-order valence-electron chi connectivity index (χ1n) is 3.94. The second-order valence-electron chi connectivity index (χ2n) is 2.94. The van der Waals surface area contributed by atoms with Crippen LogP contribution in [0.2, 0.25) is 5.02 Å². The smallest absolute Gasteiger partial charge is 0.398 e. The molecule has 1 aromatic rings. The Morgan fingerprint density at radius 2 is 2.00 bits per heavy atom. The highest BCUT2D eigenvalue weighted by molar-refractivity contribution is 6.30. The summed E-state index contributed by atoms with van der Waals surface area (Å²) >= 11 is 5.57. The van der Waals surface area contributed by atoms with Gasteiger partial charge in [-0.3, -0.25) is 4.79 Å². The number of carbonyl (C=O) groups excluding carboxylic acids is 1. The van der Waals surface area contributed by atoms with Gasteiger partial charge in [-0.1, -0.05) is 11.6 Å². The predicted octanol–water partition coefficient (Wildman–Crippen LogP) is 2.60. The zero-order valence-electron chi connectivity index (χ0n) is 7.44. The van der Waals surface area contributed by atoms with Crippen molar-refractivity contribution in [1.82, 2.24) is 0 Å². The minimum atomic E-state index is -4.84. The van der Waals surface area contributed by atoms with Crippen LogP contribution in [0.5, 0.6) is 0 Å². The van der Waals surface area contributed by atoms with Crippen LogP contribution in [-0.2, 0) is 11.2 Å². The Bertz CT molecular complexity index is 389. The van der Waals surface area contributed by atoms with Gasteiger partial charge in [-0.05, 0) is 23.8 Å². The number of rotatable bonds is 2. The molecular formula is C9H7ClF3NO. The van der Waals surface area contributed by atoms with E-state index >= 15 is 0 Å². The highest BCUT2D eigenvalue weighted by atomic mass is 35.5. The maximum Gasteiger partial charge on any atom is 0.450 e. The molecule has 6 heteroatoms. The number of nitrogens with two attached hydrogens (primary N) is 1. The third-order valence-electron chi connectivity index (χ3n) is 1.77. The molecule has 0 unspecified atom stereocenters. The molecule has 0 radical (unpaired) electrons. The fourth-order valence-corrected chi connectivity index (χ4v) is 1.20. The van der Waals surface area contributed by atoms with E-state index < -0.39 is 18.4 Å². The van der Waals surface area contributed by atoms with Gasteiger partial charge in [0.2, 0.25) is 5.78 Å². The molecule has 2 nitrogen and oxygen atoms in total. The molecule has 2 N–H and O–H groups in total. The van der Waals surface area contributed by atoms with Gasteiger partial charge in [0, 0.05) is 17.1 Å². The fraction of sp³-hybridized carbons (Fsp3) is 0.222. The molecule has 0 bridgehead atoms. The van der Waals surface area contributed by atoms with Crippen LogP contribution in [-0.4, -0.2) is 12.0 Å². The molecule has 0 atom stereocenters. The van der Waals surface area contributed by atoms with Gasteiger partial charge in [-0.25, -0.2) is 0 Å². The molecule has 0 saturated heterocycles. The summed E-state index contributed by atoms with van der Waals surface area (Å²) in [5.74, 6) is -1.84. The summed E-state index contributed by atoms with van der Waals surface area (Å²) < 4.78 is 35.8. The number of hydrogen-bond acceptors (Lipinski definition) is 2. The van der Waals surface area contributed by atoms with E-state index in [1.165, 1.54) is 18.2 Å². The van der Waals surface area contributed by atoms with E-state index in [1.807, 2.05) is 0 Å². The molecule has 0 saturated carbocycles. The average molecular weight is 238 g/mol. The highest BCUT2D eigenvalue weighted by Crippen LogP contribution is 2.23. The monoisotopic (exact) mass is 237 g/mol. The predicted molar refractivity (Wildman–Crippen MR) is 50.6 cm³/mol. The summed E-state index contributed by atoms with van der Waals surface area (Å²) in [6.45, 7) is 0. The normalized spacial score (nSPS) is 11.5. The quantitative estimate of drug-likeness (QED) is 0.804. The van der Waals surface area contributed by atoms with Crippen LogP contribution < -0.4 is 5.73 Å².